The van der Waals surface area contributed by atoms with Gasteiger partial charge in [-0.25, -0.2) is 9.78 Å². The van der Waals surface area contributed by atoms with Crippen molar-refractivity contribution in [3.8, 4) is 0 Å². The van der Waals surface area contributed by atoms with Crippen LogP contribution in [0.15, 0.2) is 48.7 Å². The number of hydrogen-bond donors (Lipinski definition) is 0. The average molecular weight is 312 g/mol. The number of ether oxygens (including phenoxy) is 1. The highest BCUT2D eigenvalue weighted by atomic mass is 16.6. The predicted molar refractivity (Wildman–Crippen MR) is 88.5 cm³/mol. The van der Waals surface area contributed by atoms with Crippen LogP contribution in [0.4, 0.5) is 10.6 Å². The van der Waals surface area contributed by atoms with Crippen molar-refractivity contribution >= 4 is 17.8 Å². The van der Waals surface area contributed by atoms with E-state index in [1.54, 1.807) is 51.1 Å². The van der Waals surface area contributed by atoms with Gasteiger partial charge >= 0.3 is 6.09 Å². The summed E-state index contributed by atoms with van der Waals surface area (Å²) < 4.78 is 5.35. The van der Waals surface area contributed by atoms with Gasteiger partial charge in [0.1, 0.15) is 11.4 Å². The zero-order valence-corrected chi connectivity index (χ0v) is 13.7. The fourth-order valence-corrected chi connectivity index (χ4v) is 1.90. The number of aryl methyl sites for hydroxylation is 1. The Balaban J connectivity index is 2.39. The highest BCUT2D eigenvalue weighted by Crippen LogP contribution is 2.19. The number of anilines is 1. The predicted octanol–water partition coefficient (Wildman–Crippen LogP) is 3.97. The van der Waals surface area contributed by atoms with E-state index in [1.807, 2.05) is 19.1 Å². The molecule has 5 heteroatoms. The van der Waals surface area contributed by atoms with E-state index < -0.39 is 17.6 Å². The number of carbonyl (C=O) groups is 2. The molecular formula is C18H20N2O3. The van der Waals surface area contributed by atoms with E-state index in [0.717, 1.165) is 10.5 Å². The molecule has 0 radical (unpaired) electrons. The Bertz CT molecular complexity index is 688. The molecule has 0 saturated heterocycles. The van der Waals surface area contributed by atoms with E-state index in [1.165, 1.54) is 6.20 Å². The summed E-state index contributed by atoms with van der Waals surface area (Å²) in [6.07, 6.45) is 0.775. The van der Waals surface area contributed by atoms with Crippen molar-refractivity contribution in [3.63, 3.8) is 0 Å². The minimum atomic E-state index is -0.748. The van der Waals surface area contributed by atoms with Crippen LogP contribution in [0.5, 0.6) is 0 Å². The SMILES string of the molecule is Cc1ccc(C(=O)N(C(=O)OC(C)(C)C)c2ccccn2)cc1. The number of nitrogens with zero attached hydrogens (tertiary/aromatic N) is 2. The number of rotatable bonds is 2. The molecule has 0 bridgehead atoms. The lowest BCUT2D eigenvalue weighted by atomic mass is 10.1. The Morgan fingerprint density at radius 1 is 1.04 bits per heavy atom. The molecule has 2 rings (SSSR count). The third-order valence-corrected chi connectivity index (χ3v) is 2.96. The first-order chi connectivity index (χ1) is 10.8. The molecule has 5 nitrogen and oxygen atoms in total. The fourth-order valence-electron chi connectivity index (χ4n) is 1.90. The largest absolute Gasteiger partial charge is 0.443 e. The fraction of sp³-hybridized carbons (Fsp3) is 0.278. The van der Waals surface area contributed by atoms with Gasteiger partial charge in [-0.15, -0.1) is 0 Å². The topological polar surface area (TPSA) is 59.5 Å². The number of hydrogen-bond acceptors (Lipinski definition) is 4. The van der Waals surface area contributed by atoms with Gasteiger partial charge in [0.15, 0.2) is 0 Å². The molecule has 0 N–H and O–H groups in total. The normalized spacial score (nSPS) is 11.0. The smallest absolute Gasteiger partial charge is 0.423 e. The van der Waals surface area contributed by atoms with E-state index in [9.17, 15) is 9.59 Å². The molecule has 0 spiro atoms. The summed E-state index contributed by atoms with van der Waals surface area (Å²) in [5, 5.41) is 0. The molecule has 1 aromatic heterocycles. The molecular weight excluding hydrogens is 292 g/mol. The van der Waals surface area contributed by atoms with Gasteiger partial charge in [-0.05, 0) is 52.0 Å². The number of amides is 2. The molecule has 120 valence electrons. The molecule has 2 aromatic rings. The standard InChI is InChI=1S/C18H20N2O3/c1-13-8-10-14(11-9-13)16(21)20(15-7-5-6-12-19-15)17(22)23-18(2,3)4/h5-12H,1-4H3. The second-order valence-electron chi connectivity index (χ2n) is 6.17. The lowest BCUT2D eigenvalue weighted by molar-refractivity contribution is 0.0563. The summed E-state index contributed by atoms with van der Waals surface area (Å²) in [5.74, 6) is -0.245. The lowest BCUT2D eigenvalue weighted by Crippen LogP contribution is -2.41. The average Bonchev–Trinajstić information content (AvgIpc) is 2.47. The first-order valence-electron chi connectivity index (χ1n) is 7.33. The number of pyridine rings is 1. The van der Waals surface area contributed by atoms with Crippen molar-refractivity contribution < 1.29 is 14.3 Å². The zero-order chi connectivity index (χ0) is 17.0. The van der Waals surface area contributed by atoms with Crippen molar-refractivity contribution in [2.75, 3.05) is 4.90 Å². The number of aromatic nitrogens is 1. The van der Waals surface area contributed by atoms with Crippen LogP contribution in [-0.2, 0) is 4.74 Å². The van der Waals surface area contributed by atoms with Crippen molar-refractivity contribution in [2.24, 2.45) is 0 Å². The molecule has 0 aliphatic carbocycles. The minimum Gasteiger partial charge on any atom is -0.443 e. The van der Waals surface area contributed by atoms with Gasteiger partial charge in [0.2, 0.25) is 0 Å². The highest BCUT2D eigenvalue weighted by molar-refractivity contribution is 6.18. The summed E-state index contributed by atoms with van der Waals surface area (Å²) in [4.78, 5) is 30.3. The van der Waals surface area contributed by atoms with E-state index >= 15 is 0 Å². The number of benzene rings is 1. The Morgan fingerprint density at radius 3 is 2.22 bits per heavy atom. The van der Waals surface area contributed by atoms with Crippen molar-refractivity contribution in [2.45, 2.75) is 33.3 Å². The van der Waals surface area contributed by atoms with E-state index in [-0.39, 0.29) is 5.82 Å². The van der Waals surface area contributed by atoms with Gasteiger partial charge in [0.25, 0.3) is 5.91 Å². The first-order valence-corrected chi connectivity index (χ1v) is 7.33. The molecule has 0 aliphatic heterocycles. The first kappa shape index (κ1) is 16.7. The van der Waals surface area contributed by atoms with Crippen LogP contribution in [0.25, 0.3) is 0 Å². The molecule has 2 amide bonds. The van der Waals surface area contributed by atoms with Crippen LogP contribution in [0.1, 0.15) is 36.7 Å². The van der Waals surface area contributed by atoms with Gasteiger partial charge in [0.05, 0.1) is 0 Å². The summed E-state index contributed by atoms with van der Waals surface area (Å²) in [6.45, 7) is 7.17. The molecule has 0 saturated carbocycles. The molecule has 0 atom stereocenters. The van der Waals surface area contributed by atoms with Crippen LogP contribution < -0.4 is 4.90 Å². The Labute approximate surface area is 135 Å². The van der Waals surface area contributed by atoms with E-state index in [4.69, 9.17) is 4.74 Å². The van der Waals surface area contributed by atoms with Crippen LogP contribution in [0.2, 0.25) is 0 Å². The zero-order valence-electron chi connectivity index (χ0n) is 13.7. The summed E-state index contributed by atoms with van der Waals surface area (Å²) in [5.41, 5.74) is 0.716. The van der Waals surface area contributed by atoms with E-state index in [2.05, 4.69) is 4.98 Å². The van der Waals surface area contributed by atoms with Crippen LogP contribution in [-0.4, -0.2) is 22.6 Å². The second-order valence-corrected chi connectivity index (χ2v) is 6.17. The number of carbonyl (C=O) groups excluding carboxylic acids is 2. The Hall–Kier alpha value is -2.69. The second kappa shape index (κ2) is 6.60. The van der Waals surface area contributed by atoms with Crippen LogP contribution in [0.3, 0.4) is 0 Å². The Morgan fingerprint density at radius 2 is 1.70 bits per heavy atom. The molecule has 1 heterocycles. The van der Waals surface area contributed by atoms with Crippen LogP contribution in [0, 0.1) is 6.92 Å². The maximum absolute atomic E-state index is 12.8. The summed E-state index contributed by atoms with van der Waals surface area (Å²) in [6, 6.07) is 12.0. The maximum atomic E-state index is 12.8. The Kier molecular flexibility index (Phi) is 4.79. The molecule has 1 aromatic carbocycles. The quantitative estimate of drug-likeness (QED) is 0.842. The molecule has 0 aliphatic rings. The highest BCUT2D eigenvalue weighted by Gasteiger charge is 2.30. The lowest BCUT2D eigenvalue weighted by Gasteiger charge is -2.25. The van der Waals surface area contributed by atoms with Gasteiger partial charge in [-0.2, -0.15) is 4.90 Å². The van der Waals surface area contributed by atoms with Gasteiger partial charge in [-0.1, -0.05) is 23.8 Å². The van der Waals surface area contributed by atoms with Gasteiger partial charge < -0.3 is 4.74 Å². The van der Waals surface area contributed by atoms with Crippen molar-refractivity contribution in [1.29, 1.82) is 0 Å². The van der Waals surface area contributed by atoms with Crippen molar-refractivity contribution in [3.05, 3.63) is 59.8 Å². The van der Waals surface area contributed by atoms with Crippen LogP contribution >= 0.6 is 0 Å². The summed E-state index contributed by atoms with van der Waals surface area (Å²) in [7, 11) is 0. The monoisotopic (exact) mass is 312 g/mol. The minimum absolute atomic E-state index is 0.229. The molecule has 0 fully saturated rings. The maximum Gasteiger partial charge on any atom is 0.423 e. The van der Waals surface area contributed by atoms with Gasteiger partial charge in [0, 0.05) is 11.8 Å². The molecule has 23 heavy (non-hydrogen) atoms. The third kappa shape index (κ3) is 4.39. The third-order valence-electron chi connectivity index (χ3n) is 2.96. The summed E-state index contributed by atoms with van der Waals surface area (Å²) >= 11 is 0. The van der Waals surface area contributed by atoms with E-state index in [0.29, 0.717) is 5.56 Å². The molecule has 0 unspecified atom stereocenters. The van der Waals surface area contributed by atoms with Gasteiger partial charge in [-0.3, -0.25) is 4.79 Å². The van der Waals surface area contributed by atoms with Crippen molar-refractivity contribution in [1.82, 2.24) is 4.98 Å². The number of imide groups is 1.